The summed E-state index contributed by atoms with van der Waals surface area (Å²) in [7, 11) is 1.36. The maximum Gasteiger partial charge on any atom is 0.305 e. The summed E-state index contributed by atoms with van der Waals surface area (Å²) in [6.07, 6.45) is 2.23. The Kier molecular flexibility index (Phi) is 6.21. The summed E-state index contributed by atoms with van der Waals surface area (Å²) >= 11 is 0. The summed E-state index contributed by atoms with van der Waals surface area (Å²) < 4.78 is 9.74. The molecular weight excluding hydrogens is 262 g/mol. The zero-order chi connectivity index (χ0) is 15.1. The van der Waals surface area contributed by atoms with E-state index in [4.69, 9.17) is 9.63 Å². The van der Waals surface area contributed by atoms with Crippen LogP contribution in [0.2, 0.25) is 0 Å². The van der Waals surface area contributed by atoms with Crippen LogP contribution in [0, 0.1) is 13.8 Å². The van der Waals surface area contributed by atoms with E-state index in [2.05, 4.69) is 9.89 Å². The maximum absolute atomic E-state index is 11.1. The number of methoxy groups -OCH3 is 1. The van der Waals surface area contributed by atoms with Gasteiger partial charge in [0, 0.05) is 24.3 Å². The predicted octanol–water partition coefficient (Wildman–Crippen LogP) is 2.58. The molecule has 1 atom stereocenters. The van der Waals surface area contributed by atoms with Crippen molar-refractivity contribution >= 4 is 11.9 Å². The fourth-order valence-electron chi connectivity index (χ4n) is 2.13. The number of aliphatic carboxylic acids is 1. The standard InChI is InChI=1S/C14H21NO5/c1-9-10(2)20-15-14(9)11(7-8-12(16)17)5-4-6-13(18)19-3/h11H,4-8H2,1-3H3,(H,16,17). The van der Waals surface area contributed by atoms with Crippen LogP contribution in [0.1, 0.15) is 55.0 Å². The molecule has 1 rings (SSSR count). The van der Waals surface area contributed by atoms with E-state index in [-0.39, 0.29) is 18.3 Å². The third-order valence-corrected chi connectivity index (χ3v) is 3.45. The minimum atomic E-state index is -0.833. The van der Waals surface area contributed by atoms with Crippen molar-refractivity contribution < 1.29 is 24.0 Å². The summed E-state index contributed by atoms with van der Waals surface area (Å²) in [6, 6.07) is 0. The molecule has 6 heteroatoms. The number of rotatable bonds is 8. The maximum atomic E-state index is 11.1. The monoisotopic (exact) mass is 283 g/mol. The van der Waals surface area contributed by atoms with E-state index < -0.39 is 5.97 Å². The first-order valence-corrected chi connectivity index (χ1v) is 6.67. The molecule has 20 heavy (non-hydrogen) atoms. The van der Waals surface area contributed by atoms with Crippen LogP contribution in [0.4, 0.5) is 0 Å². The molecule has 0 spiro atoms. The summed E-state index contributed by atoms with van der Waals surface area (Å²) in [5.74, 6) is -0.350. The van der Waals surface area contributed by atoms with Gasteiger partial charge in [0.15, 0.2) is 0 Å². The van der Waals surface area contributed by atoms with Crippen molar-refractivity contribution in [3.05, 3.63) is 17.0 Å². The second-order valence-electron chi connectivity index (χ2n) is 4.85. The average Bonchev–Trinajstić information content (AvgIpc) is 2.73. The normalized spacial score (nSPS) is 12.2. The van der Waals surface area contributed by atoms with Crippen molar-refractivity contribution in [3.63, 3.8) is 0 Å². The number of carboxylic acid groups (broad SMARTS) is 1. The number of carboxylic acids is 1. The van der Waals surface area contributed by atoms with Gasteiger partial charge >= 0.3 is 11.9 Å². The van der Waals surface area contributed by atoms with E-state index in [1.54, 1.807) is 0 Å². The van der Waals surface area contributed by atoms with Crippen molar-refractivity contribution in [1.29, 1.82) is 0 Å². The largest absolute Gasteiger partial charge is 0.481 e. The van der Waals surface area contributed by atoms with Gasteiger partial charge in [-0.2, -0.15) is 0 Å². The molecule has 0 aliphatic carbocycles. The van der Waals surface area contributed by atoms with Gasteiger partial charge < -0.3 is 14.4 Å². The Bertz CT molecular complexity index is 466. The van der Waals surface area contributed by atoms with Crippen molar-refractivity contribution in [3.8, 4) is 0 Å². The highest BCUT2D eigenvalue weighted by Gasteiger charge is 2.21. The van der Waals surface area contributed by atoms with Crippen molar-refractivity contribution in [2.75, 3.05) is 7.11 Å². The van der Waals surface area contributed by atoms with E-state index in [9.17, 15) is 9.59 Å². The highest BCUT2D eigenvalue weighted by Crippen LogP contribution is 2.29. The molecule has 1 N–H and O–H groups in total. The number of nitrogens with zero attached hydrogens (tertiary/aromatic N) is 1. The van der Waals surface area contributed by atoms with E-state index in [1.807, 2.05) is 13.8 Å². The topological polar surface area (TPSA) is 89.6 Å². The van der Waals surface area contributed by atoms with Gasteiger partial charge in [0.25, 0.3) is 0 Å². The molecule has 0 radical (unpaired) electrons. The minimum Gasteiger partial charge on any atom is -0.481 e. The molecule has 0 saturated heterocycles. The SMILES string of the molecule is COC(=O)CCCC(CCC(=O)O)c1noc(C)c1C. The van der Waals surface area contributed by atoms with Gasteiger partial charge in [-0.1, -0.05) is 5.16 Å². The van der Waals surface area contributed by atoms with Crippen molar-refractivity contribution in [2.24, 2.45) is 0 Å². The van der Waals surface area contributed by atoms with E-state index in [0.29, 0.717) is 25.7 Å². The molecule has 1 aromatic rings. The third-order valence-electron chi connectivity index (χ3n) is 3.45. The van der Waals surface area contributed by atoms with Crippen LogP contribution in [-0.2, 0) is 14.3 Å². The lowest BCUT2D eigenvalue weighted by atomic mass is 9.91. The number of esters is 1. The number of carbonyl (C=O) groups is 2. The first-order chi connectivity index (χ1) is 9.45. The van der Waals surface area contributed by atoms with Crippen LogP contribution in [0.3, 0.4) is 0 Å². The van der Waals surface area contributed by atoms with Crippen LogP contribution in [0.15, 0.2) is 4.52 Å². The first-order valence-electron chi connectivity index (χ1n) is 6.67. The summed E-state index contributed by atoms with van der Waals surface area (Å²) in [6.45, 7) is 3.74. The molecule has 0 bridgehead atoms. The van der Waals surface area contributed by atoms with E-state index in [1.165, 1.54) is 7.11 Å². The highest BCUT2D eigenvalue weighted by molar-refractivity contribution is 5.69. The predicted molar refractivity (Wildman–Crippen MR) is 71.5 cm³/mol. The highest BCUT2D eigenvalue weighted by atomic mass is 16.5. The van der Waals surface area contributed by atoms with Gasteiger partial charge in [-0.15, -0.1) is 0 Å². The van der Waals surface area contributed by atoms with Gasteiger partial charge in [-0.3, -0.25) is 9.59 Å². The van der Waals surface area contributed by atoms with Gasteiger partial charge in [-0.25, -0.2) is 0 Å². The Morgan fingerprint density at radius 2 is 2.00 bits per heavy atom. The Labute approximate surface area is 118 Å². The number of carbonyl (C=O) groups excluding carboxylic acids is 1. The molecule has 1 heterocycles. The number of ether oxygens (including phenoxy) is 1. The van der Waals surface area contributed by atoms with Crippen molar-refractivity contribution in [1.82, 2.24) is 5.16 Å². The lowest BCUT2D eigenvalue weighted by Gasteiger charge is -2.13. The molecule has 6 nitrogen and oxygen atoms in total. The minimum absolute atomic E-state index is 0.00629. The van der Waals surface area contributed by atoms with Crippen LogP contribution in [-0.4, -0.2) is 29.3 Å². The Balaban J connectivity index is 2.67. The molecule has 0 saturated carbocycles. The number of aryl methyl sites for hydroxylation is 1. The van der Waals surface area contributed by atoms with E-state index in [0.717, 1.165) is 17.0 Å². The van der Waals surface area contributed by atoms with Crippen LogP contribution in [0.25, 0.3) is 0 Å². The number of aromatic nitrogens is 1. The Hall–Kier alpha value is -1.85. The van der Waals surface area contributed by atoms with E-state index >= 15 is 0 Å². The van der Waals surface area contributed by atoms with Crippen molar-refractivity contribution in [2.45, 2.75) is 51.9 Å². The molecule has 1 aromatic heterocycles. The first kappa shape index (κ1) is 16.2. The lowest BCUT2D eigenvalue weighted by molar-refractivity contribution is -0.141. The molecular formula is C14H21NO5. The molecule has 0 fully saturated rings. The zero-order valence-electron chi connectivity index (χ0n) is 12.1. The second-order valence-corrected chi connectivity index (χ2v) is 4.85. The van der Waals surface area contributed by atoms with Gasteiger partial charge in [0.1, 0.15) is 5.76 Å². The molecule has 0 aromatic carbocycles. The van der Waals surface area contributed by atoms with Gasteiger partial charge in [0.2, 0.25) is 0 Å². The van der Waals surface area contributed by atoms with Gasteiger partial charge in [-0.05, 0) is 33.1 Å². The molecule has 112 valence electrons. The average molecular weight is 283 g/mol. The van der Waals surface area contributed by atoms with Crippen LogP contribution >= 0.6 is 0 Å². The number of hydrogen-bond donors (Lipinski definition) is 1. The van der Waals surface area contributed by atoms with Crippen LogP contribution in [0.5, 0.6) is 0 Å². The third kappa shape index (κ3) is 4.68. The summed E-state index contributed by atoms with van der Waals surface area (Å²) in [4.78, 5) is 21.9. The second kappa shape index (κ2) is 7.67. The fourth-order valence-corrected chi connectivity index (χ4v) is 2.13. The molecule has 0 aliphatic rings. The fraction of sp³-hybridized carbons (Fsp3) is 0.643. The quantitative estimate of drug-likeness (QED) is 0.737. The molecule has 1 unspecified atom stereocenters. The zero-order valence-corrected chi connectivity index (χ0v) is 12.1. The summed E-state index contributed by atoms with van der Waals surface area (Å²) in [5, 5.41) is 12.8. The number of hydrogen-bond acceptors (Lipinski definition) is 5. The Morgan fingerprint density at radius 1 is 1.30 bits per heavy atom. The molecule has 0 aliphatic heterocycles. The Morgan fingerprint density at radius 3 is 2.50 bits per heavy atom. The van der Waals surface area contributed by atoms with Crippen LogP contribution < -0.4 is 0 Å². The van der Waals surface area contributed by atoms with Gasteiger partial charge in [0.05, 0.1) is 12.8 Å². The molecule has 0 amide bonds. The lowest BCUT2D eigenvalue weighted by Crippen LogP contribution is -2.07. The summed E-state index contributed by atoms with van der Waals surface area (Å²) in [5.41, 5.74) is 1.76. The smallest absolute Gasteiger partial charge is 0.305 e.